The summed E-state index contributed by atoms with van der Waals surface area (Å²) in [6, 6.07) is 16.6. The second kappa shape index (κ2) is 4.95. The summed E-state index contributed by atoms with van der Waals surface area (Å²) in [5, 5.41) is 0.925. The van der Waals surface area contributed by atoms with Crippen LogP contribution in [0.25, 0.3) is 0 Å². The first-order valence-electron chi connectivity index (χ1n) is 6.20. The largest absolute Gasteiger partial charge is 0.117 e. The van der Waals surface area contributed by atoms with Crippen LogP contribution in [0.5, 0.6) is 0 Å². The minimum absolute atomic E-state index is 0.125. The fraction of sp³-hybridized carbons (Fsp3) is 0.250. The zero-order chi connectivity index (χ0) is 12.5. The zero-order valence-electron chi connectivity index (χ0n) is 9.94. The van der Waals surface area contributed by atoms with Gasteiger partial charge in [0.1, 0.15) is 0 Å². The lowest BCUT2D eigenvalue weighted by Crippen LogP contribution is -2.06. The predicted octanol–water partition coefficient (Wildman–Crippen LogP) is 5.03. The lowest BCUT2D eigenvalue weighted by Gasteiger charge is -2.14. The summed E-state index contributed by atoms with van der Waals surface area (Å²) in [6.45, 7) is 0. The predicted molar refractivity (Wildman–Crippen MR) is 77.4 cm³/mol. The molecule has 1 aliphatic carbocycles. The molecule has 0 spiro atoms. The SMILES string of the molecule is Clc1cccc(CC2Cc3ccccc3C2Cl)c1. The van der Waals surface area contributed by atoms with Crippen LogP contribution in [0.4, 0.5) is 0 Å². The van der Waals surface area contributed by atoms with E-state index in [0.29, 0.717) is 5.92 Å². The Morgan fingerprint density at radius 1 is 1.06 bits per heavy atom. The van der Waals surface area contributed by atoms with Gasteiger partial charge in [0.2, 0.25) is 0 Å². The third kappa shape index (κ3) is 2.28. The Kier molecular flexibility index (Phi) is 3.32. The first-order chi connectivity index (χ1) is 8.74. The van der Waals surface area contributed by atoms with Gasteiger partial charge in [0.25, 0.3) is 0 Å². The molecule has 0 aromatic heterocycles. The molecule has 0 bridgehead atoms. The Morgan fingerprint density at radius 3 is 2.67 bits per heavy atom. The summed E-state index contributed by atoms with van der Waals surface area (Å²) in [7, 11) is 0. The lowest BCUT2D eigenvalue weighted by atomic mass is 9.96. The lowest BCUT2D eigenvalue weighted by molar-refractivity contribution is 0.543. The van der Waals surface area contributed by atoms with Crippen LogP contribution < -0.4 is 0 Å². The molecule has 2 aromatic carbocycles. The average molecular weight is 277 g/mol. The van der Waals surface area contributed by atoms with Crippen molar-refractivity contribution in [2.45, 2.75) is 18.2 Å². The highest BCUT2D eigenvalue weighted by Gasteiger charge is 2.30. The van der Waals surface area contributed by atoms with Crippen LogP contribution in [-0.2, 0) is 12.8 Å². The summed E-state index contributed by atoms with van der Waals surface area (Å²) < 4.78 is 0. The maximum absolute atomic E-state index is 6.57. The Hall–Kier alpha value is -0.980. The molecule has 0 saturated carbocycles. The number of rotatable bonds is 2. The van der Waals surface area contributed by atoms with Gasteiger partial charge < -0.3 is 0 Å². The smallest absolute Gasteiger partial charge is 0.0622 e. The fourth-order valence-corrected chi connectivity index (χ4v) is 3.38. The van der Waals surface area contributed by atoms with E-state index in [0.717, 1.165) is 17.9 Å². The van der Waals surface area contributed by atoms with Gasteiger partial charge in [-0.3, -0.25) is 0 Å². The molecule has 0 aliphatic heterocycles. The van der Waals surface area contributed by atoms with E-state index in [-0.39, 0.29) is 5.38 Å². The van der Waals surface area contributed by atoms with E-state index >= 15 is 0 Å². The molecule has 2 heteroatoms. The minimum atomic E-state index is 0.125. The van der Waals surface area contributed by atoms with Gasteiger partial charge in [0.15, 0.2) is 0 Å². The number of fused-ring (bicyclic) bond motifs is 1. The molecule has 18 heavy (non-hydrogen) atoms. The Bertz CT molecular complexity index is 563. The fourth-order valence-electron chi connectivity index (χ4n) is 2.77. The molecule has 3 rings (SSSR count). The van der Waals surface area contributed by atoms with Gasteiger partial charge in [0, 0.05) is 5.02 Å². The van der Waals surface area contributed by atoms with Crippen LogP contribution in [-0.4, -0.2) is 0 Å². The van der Waals surface area contributed by atoms with Gasteiger partial charge in [-0.15, -0.1) is 11.6 Å². The second-order valence-corrected chi connectivity index (χ2v) is 5.81. The van der Waals surface area contributed by atoms with Crippen LogP contribution >= 0.6 is 23.2 Å². The molecule has 2 aromatic rings. The summed E-state index contributed by atoms with van der Waals surface area (Å²) in [5.74, 6) is 0.475. The minimum Gasteiger partial charge on any atom is -0.117 e. The molecular weight excluding hydrogens is 263 g/mol. The number of alkyl halides is 1. The number of hydrogen-bond donors (Lipinski definition) is 0. The van der Waals surface area contributed by atoms with Crippen LogP contribution in [0.1, 0.15) is 22.1 Å². The molecule has 0 radical (unpaired) electrons. The van der Waals surface area contributed by atoms with Crippen molar-refractivity contribution in [2.24, 2.45) is 5.92 Å². The van der Waals surface area contributed by atoms with E-state index in [1.54, 1.807) is 0 Å². The molecule has 0 nitrogen and oxygen atoms in total. The Labute approximate surface area is 118 Å². The summed E-state index contributed by atoms with van der Waals surface area (Å²) >= 11 is 12.6. The van der Waals surface area contributed by atoms with E-state index in [9.17, 15) is 0 Å². The van der Waals surface area contributed by atoms with Gasteiger partial charge in [-0.1, -0.05) is 48.0 Å². The topological polar surface area (TPSA) is 0 Å². The van der Waals surface area contributed by atoms with Crippen molar-refractivity contribution in [1.82, 2.24) is 0 Å². The molecule has 0 saturated heterocycles. The van der Waals surface area contributed by atoms with Gasteiger partial charge in [-0.25, -0.2) is 0 Å². The summed E-state index contributed by atoms with van der Waals surface area (Å²) in [6.07, 6.45) is 2.06. The normalized spacial score (nSPS) is 21.9. The standard InChI is InChI=1S/C16H14Cl2/c17-14-6-3-4-11(9-14)8-13-10-12-5-1-2-7-15(12)16(13)18/h1-7,9,13,16H,8,10H2. The third-order valence-electron chi connectivity index (χ3n) is 3.64. The van der Waals surface area contributed by atoms with Crippen molar-refractivity contribution in [3.05, 3.63) is 70.2 Å². The van der Waals surface area contributed by atoms with E-state index < -0.39 is 0 Å². The molecule has 2 unspecified atom stereocenters. The molecule has 0 fully saturated rings. The Morgan fingerprint density at radius 2 is 1.89 bits per heavy atom. The quantitative estimate of drug-likeness (QED) is 0.675. The molecule has 0 amide bonds. The summed E-state index contributed by atoms with van der Waals surface area (Å²) in [4.78, 5) is 0. The van der Waals surface area contributed by atoms with E-state index in [1.807, 2.05) is 18.2 Å². The van der Waals surface area contributed by atoms with Gasteiger partial charge >= 0.3 is 0 Å². The molecule has 92 valence electrons. The van der Waals surface area contributed by atoms with Gasteiger partial charge in [0.05, 0.1) is 5.38 Å². The molecule has 0 N–H and O–H groups in total. The van der Waals surface area contributed by atoms with Gasteiger partial charge in [-0.2, -0.15) is 0 Å². The van der Waals surface area contributed by atoms with Crippen molar-refractivity contribution >= 4 is 23.2 Å². The third-order valence-corrected chi connectivity index (χ3v) is 4.46. The molecular formula is C16H14Cl2. The van der Waals surface area contributed by atoms with Crippen LogP contribution in [0, 0.1) is 5.92 Å². The van der Waals surface area contributed by atoms with Crippen LogP contribution in [0.3, 0.4) is 0 Å². The zero-order valence-corrected chi connectivity index (χ0v) is 11.5. The maximum atomic E-state index is 6.57. The summed E-state index contributed by atoms with van der Waals surface area (Å²) in [5.41, 5.74) is 3.96. The Balaban J connectivity index is 1.81. The maximum Gasteiger partial charge on any atom is 0.0622 e. The molecule has 2 atom stereocenters. The second-order valence-electron chi connectivity index (χ2n) is 4.90. The van der Waals surface area contributed by atoms with Crippen molar-refractivity contribution in [3.8, 4) is 0 Å². The highest BCUT2D eigenvalue weighted by atomic mass is 35.5. The van der Waals surface area contributed by atoms with Crippen LogP contribution in [0.15, 0.2) is 48.5 Å². The van der Waals surface area contributed by atoms with Crippen LogP contribution in [0.2, 0.25) is 5.02 Å². The van der Waals surface area contributed by atoms with Crippen molar-refractivity contribution in [3.63, 3.8) is 0 Å². The van der Waals surface area contributed by atoms with Crippen molar-refractivity contribution in [1.29, 1.82) is 0 Å². The highest BCUT2D eigenvalue weighted by Crippen LogP contribution is 2.42. The monoisotopic (exact) mass is 276 g/mol. The number of halogens is 2. The average Bonchev–Trinajstić information content (AvgIpc) is 2.67. The number of hydrogen-bond acceptors (Lipinski definition) is 0. The first kappa shape index (κ1) is 12.1. The highest BCUT2D eigenvalue weighted by molar-refractivity contribution is 6.30. The van der Waals surface area contributed by atoms with Gasteiger partial charge in [-0.05, 0) is 47.6 Å². The van der Waals surface area contributed by atoms with E-state index in [2.05, 4.69) is 30.3 Å². The number of benzene rings is 2. The van der Waals surface area contributed by atoms with Crippen molar-refractivity contribution in [2.75, 3.05) is 0 Å². The first-order valence-corrected chi connectivity index (χ1v) is 7.02. The molecule has 1 aliphatic rings. The van der Waals surface area contributed by atoms with E-state index in [1.165, 1.54) is 16.7 Å². The van der Waals surface area contributed by atoms with E-state index in [4.69, 9.17) is 23.2 Å². The molecule has 0 heterocycles. The van der Waals surface area contributed by atoms with Crippen molar-refractivity contribution < 1.29 is 0 Å².